The highest BCUT2D eigenvalue weighted by atomic mass is 32.3. The van der Waals surface area contributed by atoms with E-state index in [-0.39, 0.29) is 0 Å². The van der Waals surface area contributed by atoms with Gasteiger partial charge in [0.1, 0.15) is 0 Å². The fraction of sp³-hybridized carbons (Fsp3) is 1.00. The predicted molar refractivity (Wildman–Crippen MR) is 74.6 cm³/mol. The minimum atomic E-state index is -4.25. The average Bonchev–Trinajstić information content (AvgIpc) is 2.37. The molecular weight excluding hydrogens is 379 g/mol. The molecule has 0 spiro atoms. The van der Waals surface area contributed by atoms with E-state index in [0.29, 0.717) is 0 Å². The maximum Gasteiger partial charge on any atom is 0.399 e. The van der Waals surface area contributed by atoms with Gasteiger partial charge < -0.3 is 4.89 Å². The minimum absolute atomic E-state index is 0.417. The molecule has 2 saturated heterocycles. The van der Waals surface area contributed by atoms with Crippen LogP contribution in [-0.4, -0.2) is 59.2 Å². The number of rotatable bonds is 4. The molecule has 0 radical (unpaired) electrons. The summed E-state index contributed by atoms with van der Waals surface area (Å²) in [6.45, 7) is 1.18. The number of hydrogen-bond donors (Lipinski definition) is 3. The molecule has 0 aliphatic carbocycles. The Morgan fingerprint density at radius 2 is 1.09 bits per heavy atom. The van der Waals surface area contributed by atoms with Crippen LogP contribution in [-0.2, 0) is 42.1 Å². The molecule has 2 aliphatic rings. The van der Waals surface area contributed by atoms with E-state index in [9.17, 15) is 26.3 Å². The van der Waals surface area contributed by atoms with Crippen LogP contribution in [0.5, 0.6) is 0 Å². The van der Waals surface area contributed by atoms with Crippen molar-refractivity contribution in [3.8, 4) is 0 Å². The zero-order valence-corrected chi connectivity index (χ0v) is 14.7. The molecule has 12 nitrogen and oxygen atoms in total. The number of hydrogen-bond acceptors (Lipinski definition) is 9. The van der Waals surface area contributed by atoms with Gasteiger partial charge >= 0.3 is 28.5 Å². The van der Waals surface area contributed by atoms with Crippen molar-refractivity contribution in [2.24, 2.45) is 0 Å². The molecule has 23 heavy (non-hydrogen) atoms. The molecule has 2 aliphatic heterocycles. The molecule has 2 fully saturated rings. The van der Waals surface area contributed by atoms with Crippen LogP contribution >= 0.6 is 7.67 Å². The van der Waals surface area contributed by atoms with E-state index in [1.807, 2.05) is 0 Å². The Balaban J connectivity index is 2.01. The first-order valence-corrected chi connectivity index (χ1v) is 10.6. The lowest BCUT2D eigenvalue weighted by atomic mass is 10.1. The van der Waals surface area contributed by atoms with Crippen LogP contribution in [0.25, 0.3) is 0 Å². The van der Waals surface area contributed by atoms with E-state index < -0.39 is 66.0 Å². The predicted octanol–water partition coefficient (Wildman–Crippen LogP) is -1.63. The Morgan fingerprint density at radius 1 is 0.826 bits per heavy atom. The van der Waals surface area contributed by atoms with E-state index in [0.717, 1.165) is 0 Å². The lowest BCUT2D eigenvalue weighted by Crippen LogP contribution is -2.58. The van der Waals surface area contributed by atoms with E-state index in [2.05, 4.69) is 26.9 Å². The minimum Gasteiger partial charge on any atom is -0.322 e. The second-order valence-electron chi connectivity index (χ2n) is 5.79. The summed E-state index contributed by atoms with van der Waals surface area (Å²) in [6.07, 6.45) is 0. The Morgan fingerprint density at radius 3 is 1.35 bits per heavy atom. The highest BCUT2D eigenvalue weighted by Crippen LogP contribution is 2.38. The van der Waals surface area contributed by atoms with E-state index in [4.69, 9.17) is 0 Å². The highest BCUT2D eigenvalue weighted by Gasteiger charge is 2.44. The smallest absolute Gasteiger partial charge is 0.322 e. The monoisotopic (exact) mass is 396 g/mol. The van der Waals surface area contributed by atoms with Crippen LogP contribution in [0.3, 0.4) is 0 Å². The van der Waals surface area contributed by atoms with E-state index in [1.165, 1.54) is 13.8 Å². The van der Waals surface area contributed by atoms with Crippen molar-refractivity contribution in [1.82, 2.24) is 10.2 Å². The Hall–Kier alpha value is -0.150. The standard InChI is InChI=1S/C8H17N2O10PS2/c1-7(3-17-22(13,14)18-4-7)9-21(11,12)10-8(2)5-19-23(15,16)20-6-8/h3-6H2,1-2H3,(H3,9,10,11,12). The van der Waals surface area contributed by atoms with Gasteiger partial charge in [0.25, 0.3) is 0 Å². The quantitative estimate of drug-likeness (QED) is 0.465. The summed E-state index contributed by atoms with van der Waals surface area (Å²) in [5, 5.41) is 4.66. The van der Waals surface area contributed by atoms with Crippen LogP contribution < -0.4 is 10.2 Å². The molecule has 0 aromatic carbocycles. The molecule has 0 bridgehead atoms. The van der Waals surface area contributed by atoms with Gasteiger partial charge in [-0.15, -0.1) is 0 Å². The van der Waals surface area contributed by atoms with E-state index in [1.54, 1.807) is 0 Å². The molecule has 15 heteroatoms. The summed E-state index contributed by atoms with van der Waals surface area (Å²) in [4.78, 5) is 10.0. The lowest BCUT2D eigenvalue weighted by molar-refractivity contribution is 0.0696. The van der Waals surface area contributed by atoms with Crippen molar-refractivity contribution in [1.29, 1.82) is 0 Å². The fourth-order valence-electron chi connectivity index (χ4n) is 1.85. The third-order valence-electron chi connectivity index (χ3n) is 2.93. The van der Waals surface area contributed by atoms with Crippen molar-refractivity contribution in [2.45, 2.75) is 24.9 Å². The van der Waals surface area contributed by atoms with Gasteiger partial charge in [-0.2, -0.15) is 16.8 Å². The van der Waals surface area contributed by atoms with Crippen molar-refractivity contribution in [3.63, 3.8) is 0 Å². The van der Waals surface area contributed by atoms with Crippen molar-refractivity contribution >= 4 is 28.5 Å². The van der Waals surface area contributed by atoms with Crippen molar-refractivity contribution < 1.29 is 43.0 Å². The second kappa shape index (κ2) is 5.98. The van der Waals surface area contributed by atoms with Crippen LogP contribution in [0.4, 0.5) is 0 Å². The van der Waals surface area contributed by atoms with Crippen molar-refractivity contribution in [3.05, 3.63) is 0 Å². The largest absolute Gasteiger partial charge is 0.399 e. The van der Waals surface area contributed by atoms with E-state index >= 15 is 0 Å². The molecule has 2 rings (SSSR count). The molecule has 0 aromatic rings. The molecule has 136 valence electrons. The van der Waals surface area contributed by atoms with Crippen LogP contribution in [0, 0.1) is 0 Å². The zero-order valence-electron chi connectivity index (χ0n) is 12.2. The molecule has 0 unspecified atom stereocenters. The van der Waals surface area contributed by atoms with Gasteiger partial charge in [-0.3, -0.25) is 4.57 Å². The Kier molecular flexibility index (Phi) is 4.99. The van der Waals surface area contributed by atoms with Gasteiger partial charge in [0, 0.05) is 0 Å². The molecule has 0 amide bonds. The summed E-state index contributed by atoms with van der Waals surface area (Å²) >= 11 is 0. The first kappa shape index (κ1) is 19.2. The third kappa shape index (κ3) is 5.42. The van der Waals surface area contributed by atoms with Crippen LogP contribution in [0.2, 0.25) is 0 Å². The zero-order chi connectivity index (χ0) is 17.6. The van der Waals surface area contributed by atoms with Gasteiger partial charge in [0.05, 0.1) is 37.5 Å². The normalized spacial score (nSPS) is 29.0. The number of nitrogens with one attached hydrogen (secondary N) is 2. The van der Waals surface area contributed by atoms with Gasteiger partial charge in [-0.1, -0.05) is 0 Å². The molecule has 0 atom stereocenters. The van der Waals surface area contributed by atoms with Crippen LogP contribution in [0.15, 0.2) is 0 Å². The molecule has 0 saturated carbocycles. The summed E-state index contributed by atoms with van der Waals surface area (Å²) < 4.78 is 74.3. The molecule has 3 N–H and O–H groups in total. The lowest BCUT2D eigenvalue weighted by Gasteiger charge is -2.39. The average molecular weight is 396 g/mol. The van der Waals surface area contributed by atoms with Crippen molar-refractivity contribution in [2.75, 3.05) is 26.4 Å². The third-order valence-corrected chi connectivity index (χ3v) is 6.24. The van der Waals surface area contributed by atoms with Crippen LogP contribution in [0.1, 0.15) is 13.8 Å². The van der Waals surface area contributed by atoms with Gasteiger partial charge in [0.2, 0.25) is 0 Å². The molecule has 0 aromatic heterocycles. The first-order valence-electron chi connectivity index (χ1n) is 6.23. The second-order valence-corrected chi connectivity index (χ2v) is 9.96. The summed E-state index contributed by atoms with van der Waals surface area (Å²) in [7, 11) is -12.5. The summed E-state index contributed by atoms with van der Waals surface area (Å²) in [5.41, 5.74) is -2.52. The Labute approximate surface area is 133 Å². The summed E-state index contributed by atoms with van der Waals surface area (Å²) in [6, 6.07) is 0. The SMILES string of the molecule is CC1(NP(=O)(O)NC2(C)COS(=O)(=O)OC2)COS(=O)(=O)OC1. The molecule has 2 heterocycles. The first-order chi connectivity index (χ1) is 10.2. The maximum absolute atomic E-state index is 12.3. The Bertz CT molecular complexity index is 633. The van der Waals surface area contributed by atoms with Gasteiger partial charge in [-0.25, -0.2) is 26.9 Å². The summed E-state index contributed by atoms with van der Waals surface area (Å²) in [5.74, 6) is 0. The maximum atomic E-state index is 12.3. The van der Waals surface area contributed by atoms with Gasteiger partial charge in [0.15, 0.2) is 0 Å². The van der Waals surface area contributed by atoms with Gasteiger partial charge in [-0.05, 0) is 13.8 Å². The highest BCUT2D eigenvalue weighted by molar-refractivity contribution is 7.82. The fourth-order valence-corrected chi connectivity index (χ4v) is 5.38. The molecular formula is C8H17N2O10PS2. The topological polar surface area (TPSA) is 167 Å².